The van der Waals surface area contributed by atoms with Crippen LogP contribution in [0, 0.1) is 12.7 Å². The Labute approximate surface area is 143 Å². The molecule has 0 radical (unpaired) electrons. The van der Waals surface area contributed by atoms with E-state index in [1.54, 1.807) is 17.9 Å². The Balaban J connectivity index is 1.50. The Hall–Kier alpha value is -2.48. The summed E-state index contributed by atoms with van der Waals surface area (Å²) in [5.74, 6) is -0.133. The second-order valence-corrected chi connectivity index (χ2v) is 6.25. The van der Waals surface area contributed by atoms with Crippen molar-refractivity contribution >= 4 is 5.91 Å². The van der Waals surface area contributed by atoms with E-state index < -0.39 is 5.82 Å². The standard InChI is InChI=1S/C17H18FN3O4/c1-10-9-12(20-25-10)17(22)21-7-8-23-15-13(21)4-5-14(15)24-16-11(18)3-2-6-19-16/h2-3,6,9,13-15H,4-5,7-8H2,1H3/t13-,14-,15+/m0/s1. The second-order valence-electron chi connectivity index (χ2n) is 6.25. The van der Waals surface area contributed by atoms with E-state index in [4.69, 9.17) is 14.0 Å². The maximum absolute atomic E-state index is 13.8. The van der Waals surface area contributed by atoms with Crippen molar-refractivity contribution in [2.75, 3.05) is 13.2 Å². The molecular formula is C17H18FN3O4. The van der Waals surface area contributed by atoms with Gasteiger partial charge in [0.25, 0.3) is 11.8 Å². The zero-order chi connectivity index (χ0) is 17.4. The summed E-state index contributed by atoms with van der Waals surface area (Å²) >= 11 is 0. The fraction of sp³-hybridized carbons (Fsp3) is 0.471. The van der Waals surface area contributed by atoms with Gasteiger partial charge in [0.1, 0.15) is 18.0 Å². The predicted octanol–water partition coefficient (Wildman–Crippen LogP) is 1.97. The molecule has 25 heavy (non-hydrogen) atoms. The molecule has 3 heterocycles. The van der Waals surface area contributed by atoms with E-state index >= 15 is 0 Å². The number of morpholine rings is 1. The van der Waals surface area contributed by atoms with E-state index in [9.17, 15) is 9.18 Å². The molecule has 2 aliphatic rings. The molecular weight excluding hydrogens is 329 g/mol. The molecule has 8 heteroatoms. The van der Waals surface area contributed by atoms with Gasteiger partial charge < -0.3 is 18.9 Å². The van der Waals surface area contributed by atoms with Crippen LogP contribution in [0.25, 0.3) is 0 Å². The van der Waals surface area contributed by atoms with E-state index in [0.29, 0.717) is 37.4 Å². The SMILES string of the molecule is Cc1cc(C(=O)N2CCO[C@H]3[C@@H](Oc4ncccc4F)CC[C@@H]32)no1. The maximum atomic E-state index is 13.8. The highest BCUT2D eigenvalue weighted by atomic mass is 19.1. The first-order chi connectivity index (χ1) is 12.1. The smallest absolute Gasteiger partial charge is 0.276 e. The number of aromatic nitrogens is 2. The van der Waals surface area contributed by atoms with E-state index in [0.717, 1.165) is 0 Å². The lowest BCUT2D eigenvalue weighted by Gasteiger charge is -2.38. The van der Waals surface area contributed by atoms with Crippen LogP contribution < -0.4 is 4.74 Å². The normalized spacial score (nSPS) is 25.7. The number of halogens is 1. The lowest BCUT2D eigenvalue weighted by molar-refractivity contribution is -0.0800. The van der Waals surface area contributed by atoms with Crippen molar-refractivity contribution in [3.63, 3.8) is 0 Å². The summed E-state index contributed by atoms with van der Waals surface area (Å²) in [6.07, 6.45) is 2.20. The molecule has 2 aromatic heterocycles. The van der Waals surface area contributed by atoms with Gasteiger partial charge in [0.15, 0.2) is 11.5 Å². The van der Waals surface area contributed by atoms with Crippen molar-refractivity contribution in [2.45, 2.75) is 38.0 Å². The number of carbonyl (C=O) groups is 1. The molecule has 0 unspecified atom stereocenters. The molecule has 0 bridgehead atoms. The van der Waals surface area contributed by atoms with Crippen LogP contribution in [-0.2, 0) is 4.74 Å². The number of rotatable bonds is 3. The van der Waals surface area contributed by atoms with Crippen LogP contribution in [0.1, 0.15) is 29.1 Å². The fourth-order valence-electron chi connectivity index (χ4n) is 3.51. The number of fused-ring (bicyclic) bond motifs is 1. The summed E-state index contributed by atoms with van der Waals surface area (Å²) in [6, 6.07) is 4.31. The van der Waals surface area contributed by atoms with Crippen molar-refractivity contribution in [2.24, 2.45) is 0 Å². The van der Waals surface area contributed by atoms with Crippen molar-refractivity contribution in [1.29, 1.82) is 0 Å². The first-order valence-corrected chi connectivity index (χ1v) is 8.26. The number of carbonyl (C=O) groups excluding carboxylic acids is 1. The Bertz CT molecular complexity index is 781. The van der Waals surface area contributed by atoms with Gasteiger partial charge >= 0.3 is 0 Å². The average molecular weight is 347 g/mol. The summed E-state index contributed by atoms with van der Waals surface area (Å²) < 4.78 is 30.3. The van der Waals surface area contributed by atoms with Crippen LogP contribution in [-0.4, -0.2) is 52.3 Å². The highest BCUT2D eigenvalue weighted by molar-refractivity contribution is 5.92. The Kier molecular flexibility index (Phi) is 4.12. The van der Waals surface area contributed by atoms with Crippen LogP contribution in [0.4, 0.5) is 4.39 Å². The highest BCUT2D eigenvalue weighted by Crippen LogP contribution is 2.33. The highest BCUT2D eigenvalue weighted by Gasteiger charge is 2.46. The van der Waals surface area contributed by atoms with Crippen LogP contribution in [0.15, 0.2) is 28.9 Å². The third-order valence-corrected chi connectivity index (χ3v) is 4.63. The third-order valence-electron chi connectivity index (χ3n) is 4.63. The van der Waals surface area contributed by atoms with Crippen LogP contribution in [0.3, 0.4) is 0 Å². The van der Waals surface area contributed by atoms with E-state index in [1.807, 2.05) is 0 Å². The molecule has 2 aromatic rings. The quantitative estimate of drug-likeness (QED) is 0.845. The molecule has 1 aliphatic carbocycles. The monoisotopic (exact) mass is 347 g/mol. The molecule has 132 valence electrons. The van der Waals surface area contributed by atoms with Crippen LogP contribution >= 0.6 is 0 Å². The van der Waals surface area contributed by atoms with Gasteiger partial charge in [-0.15, -0.1) is 0 Å². The molecule has 1 aliphatic heterocycles. The maximum Gasteiger partial charge on any atom is 0.276 e. The largest absolute Gasteiger partial charge is 0.469 e. The number of hydrogen-bond acceptors (Lipinski definition) is 6. The van der Waals surface area contributed by atoms with Gasteiger partial charge in [-0.2, -0.15) is 0 Å². The number of ether oxygens (including phenoxy) is 2. The topological polar surface area (TPSA) is 77.7 Å². The van der Waals surface area contributed by atoms with E-state index in [-0.39, 0.29) is 30.0 Å². The summed E-state index contributed by atoms with van der Waals surface area (Å²) in [5, 5.41) is 3.81. The molecule has 1 amide bonds. The van der Waals surface area contributed by atoms with E-state index in [2.05, 4.69) is 10.1 Å². The van der Waals surface area contributed by atoms with E-state index in [1.165, 1.54) is 18.3 Å². The fourth-order valence-corrected chi connectivity index (χ4v) is 3.51. The number of aryl methyl sites for hydroxylation is 1. The number of hydrogen-bond donors (Lipinski definition) is 0. The molecule has 0 spiro atoms. The first-order valence-electron chi connectivity index (χ1n) is 8.26. The molecule has 4 rings (SSSR count). The lowest BCUT2D eigenvalue weighted by atomic mass is 10.1. The summed E-state index contributed by atoms with van der Waals surface area (Å²) in [5.41, 5.74) is 0.290. The third kappa shape index (κ3) is 2.97. The van der Waals surface area contributed by atoms with Gasteiger partial charge in [-0.1, -0.05) is 5.16 Å². The first kappa shape index (κ1) is 16.0. The Morgan fingerprint density at radius 3 is 3.08 bits per heavy atom. The molecule has 7 nitrogen and oxygen atoms in total. The zero-order valence-electron chi connectivity index (χ0n) is 13.7. The second kappa shape index (κ2) is 6.44. The van der Waals surface area contributed by atoms with Gasteiger partial charge in [0.2, 0.25) is 0 Å². The minimum absolute atomic E-state index is 0.0349. The minimum Gasteiger partial charge on any atom is -0.469 e. The lowest BCUT2D eigenvalue weighted by Crippen LogP contribution is -2.54. The number of nitrogens with zero attached hydrogens (tertiary/aromatic N) is 3. The number of pyridine rings is 1. The summed E-state index contributed by atoms with van der Waals surface area (Å²) in [4.78, 5) is 18.4. The van der Waals surface area contributed by atoms with Crippen molar-refractivity contribution in [3.05, 3.63) is 41.7 Å². The summed E-state index contributed by atoms with van der Waals surface area (Å²) in [6.45, 7) is 2.62. The minimum atomic E-state index is -0.507. The Morgan fingerprint density at radius 2 is 2.32 bits per heavy atom. The van der Waals surface area contributed by atoms with Crippen LogP contribution in [0.5, 0.6) is 5.88 Å². The summed E-state index contributed by atoms with van der Waals surface area (Å²) in [7, 11) is 0. The van der Waals surface area contributed by atoms with Gasteiger partial charge in [0, 0.05) is 18.8 Å². The van der Waals surface area contributed by atoms with Crippen molar-refractivity contribution in [3.8, 4) is 5.88 Å². The van der Waals surface area contributed by atoms with Crippen LogP contribution in [0.2, 0.25) is 0 Å². The Morgan fingerprint density at radius 1 is 1.44 bits per heavy atom. The molecule has 3 atom stereocenters. The van der Waals surface area contributed by atoms with Crippen molar-refractivity contribution < 1.29 is 23.2 Å². The number of amides is 1. The van der Waals surface area contributed by atoms with Crippen molar-refractivity contribution in [1.82, 2.24) is 15.0 Å². The molecule has 0 aromatic carbocycles. The molecule has 1 saturated heterocycles. The van der Waals surface area contributed by atoms with Gasteiger partial charge in [0.05, 0.1) is 12.6 Å². The molecule has 2 fully saturated rings. The molecule has 1 saturated carbocycles. The average Bonchev–Trinajstić information content (AvgIpc) is 3.23. The molecule has 0 N–H and O–H groups in total. The van der Waals surface area contributed by atoms with Gasteiger partial charge in [-0.05, 0) is 31.9 Å². The zero-order valence-corrected chi connectivity index (χ0v) is 13.7. The predicted molar refractivity (Wildman–Crippen MR) is 83.6 cm³/mol. The van der Waals surface area contributed by atoms with Gasteiger partial charge in [-0.3, -0.25) is 4.79 Å². The van der Waals surface area contributed by atoms with Gasteiger partial charge in [-0.25, -0.2) is 9.37 Å².